The molecular formula is C32H52O6. The van der Waals surface area contributed by atoms with Gasteiger partial charge in [-0.1, -0.05) is 34.6 Å². The van der Waals surface area contributed by atoms with Gasteiger partial charge in [0.15, 0.2) is 6.10 Å². The summed E-state index contributed by atoms with van der Waals surface area (Å²) in [5.74, 6) is 1.09. The van der Waals surface area contributed by atoms with E-state index in [1.165, 1.54) is 19.8 Å². The van der Waals surface area contributed by atoms with Gasteiger partial charge in [-0.2, -0.15) is 0 Å². The van der Waals surface area contributed by atoms with Crippen molar-refractivity contribution in [2.75, 3.05) is 0 Å². The first-order chi connectivity index (χ1) is 17.5. The van der Waals surface area contributed by atoms with Crippen LogP contribution < -0.4 is 0 Å². The Hall–Kier alpha value is -0.690. The normalized spacial score (nSPS) is 55.4. The molecule has 6 nitrogen and oxygen atoms in total. The Morgan fingerprint density at radius 2 is 1.63 bits per heavy atom. The number of hydrogen-bond acceptors (Lipinski definition) is 6. The molecular weight excluding hydrogens is 480 g/mol. The molecule has 6 heteroatoms. The number of carbonyl (C=O) groups excluding carboxylic acids is 1. The van der Waals surface area contributed by atoms with E-state index in [2.05, 4.69) is 34.6 Å². The topological polar surface area (TPSA) is 96.2 Å². The van der Waals surface area contributed by atoms with Gasteiger partial charge in [0.05, 0.1) is 30.0 Å². The Labute approximate surface area is 229 Å². The third-order valence-electron chi connectivity index (χ3n) is 14.1. The van der Waals surface area contributed by atoms with Crippen LogP contribution in [0, 0.1) is 50.7 Å². The second kappa shape index (κ2) is 7.98. The van der Waals surface area contributed by atoms with Gasteiger partial charge in [0.2, 0.25) is 0 Å². The maximum Gasteiger partial charge on any atom is 0.303 e. The van der Waals surface area contributed by atoms with Gasteiger partial charge in [-0.25, -0.2) is 0 Å². The summed E-state index contributed by atoms with van der Waals surface area (Å²) in [5.41, 5.74) is -1.01. The first-order valence-corrected chi connectivity index (χ1v) is 15.4. The fraction of sp³-hybridized carbons (Fsp3) is 0.969. The average Bonchev–Trinajstić information content (AvgIpc) is 3.44. The minimum Gasteiger partial charge on any atom is -0.457 e. The zero-order valence-electron chi connectivity index (χ0n) is 24.9. The number of fused-ring (bicyclic) bond motifs is 4. The van der Waals surface area contributed by atoms with E-state index in [0.29, 0.717) is 23.7 Å². The molecule has 3 N–H and O–H groups in total. The highest BCUT2D eigenvalue weighted by Crippen LogP contribution is 2.89. The fourth-order valence-corrected chi connectivity index (χ4v) is 12.4. The van der Waals surface area contributed by atoms with Gasteiger partial charge in [-0.3, -0.25) is 4.79 Å². The quantitative estimate of drug-likeness (QED) is 0.449. The Morgan fingerprint density at radius 3 is 2.26 bits per heavy atom. The molecule has 0 aromatic rings. The van der Waals surface area contributed by atoms with Crippen LogP contribution in [0.1, 0.15) is 107 Å². The number of carbonyl (C=O) groups is 1. The molecule has 38 heavy (non-hydrogen) atoms. The van der Waals surface area contributed by atoms with Gasteiger partial charge < -0.3 is 24.8 Å². The Kier molecular flexibility index (Phi) is 5.77. The van der Waals surface area contributed by atoms with Crippen molar-refractivity contribution < 1.29 is 29.6 Å². The molecule has 5 aliphatic carbocycles. The largest absolute Gasteiger partial charge is 0.457 e. The van der Waals surface area contributed by atoms with Crippen LogP contribution in [0.5, 0.6) is 0 Å². The molecule has 6 rings (SSSR count). The monoisotopic (exact) mass is 532 g/mol. The van der Waals surface area contributed by atoms with Crippen LogP contribution in [-0.4, -0.2) is 57.4 Å². The van der Waals surface area contributed by atoms with E-state index in [1.54, 1.807) is 13.8 Å². The molecule has 0 radical (unpaired) electrons. The SMILES string of the molecule is CC(=O)O[C@@H]([C@H]1C[C@@H](C)C2[C@H](O1)[C@H](O)[C@@]1(C)[C@@H]3CC[C@H]4C(C)(C)[C@@H](O)CCC45C[C@@]35CC[C@]21C)C(C)(C)O. The molecule has 2 spiro atoms. The summed E-state index contributed by atoms with van der Waals surface area (Å²) in [5, 5.41) is 34.2. The minimum atomic E-state index is -1.24. The Bertz CT molecular complexity index is 1000. The number of rotatable bonds is 3. The van der Waals surface area contributed by atoms with Gasteiger partial charge >= 0.3 is 5.97 Å². The summed E-state index contributed by atoms with van der Waals surface area (Å²) >= 11 is 0. The van der Waals surface area contributed by atoms with E-state index in [0.717, 1.165) is 32.1 Å². The van der Waals surface area contributed by atoms with Crippen LogP contribution in [-0.2, 0) is 14.3 Å². The number of aliphatic hydroxyl groups excluding tert-OH is 2. The van der Waals surface area contributed by atoms with Gasteiger partial charge in [0.25, 0.3) is 0 Å². The van der Waals surface area contributed by atoms with Crippen molar-refractivity contribution in [3.63, 3.8) is 0 Å². The molecule has 1 saturated heterocycles. The van der Waals surface area contributed by atoms with Crippen molar-refractivity contribution in [1.29, 1.82) is 0 Å². The number of esters is 1. The second-order valence-electron chi connectivity index (χ2n) is 16.3. The Morgan fingerprint density at radius 1 is 1.00 bits per heavy atom. The summed E-state index contributed by atoms with van der Waals surface area (Å²) < 4.78 is 12.4. The summed E-state index contributed by atoms with van der Waals surface area (Å²) in [6, 6.07) is 0. The standard InChI is InChI=1S/C32H52O6/c1-17-15-19(26(28(5,6)36)37-18(2)33)38-24-23(17)29(7)13-14-32-16-31(32)12-11-22(34)27(3,4)20(31)9-10-21(32)30(29,8)25(24)35/h17,19-26,34-36H,9-16H2,1-8H3/t17-,19-,20+,21+,22+,23?,24+,25+,26+,29-,30-,31?,32+/m1/s1. The predicted molar refractivity (Wildman–Crippen MR) is 144 cm³/mol. The smallest absolute Gasteiger partial charge is 0.303 e. The van der Waals surface area contributed by atoms with E-state index in [9.17, 15) is 20.1 Å². The van der Waals surface area contributed by atoms with Crippen LogP contribution in [0.25, 0.3) is 0 Å². The maximum atomic E-state index is 12.3. The van der Waals surface area contributed by atoms with Crippen LogP contribution in [0.4, 0.5) is 0 Å². The number of ether oxygens (including phenoxy) is 2. The van der Waals surface area contributed by atoms with Gasteiger partial charge in [-0.15, -0.1) is 0 Å². The molecule has 6 aliphatic rings. The molecule has 0 aromatic heterocycles. The van der Waals surface area contributed by atoms with Crippen molar-refractivity contribution in [2.24, 2.45) is 50.7 Å². The van der Waals surface area contributed by atoms with E-state index >= 15 is 0 Å². The lowest BCUT2D eigenvalue weighted by Gasteiger charge is -2.63. The van der Waals surface area contributed by atoms with E-state index in [1.807, 2.05) is 0 Å². The molecule has 0 amide bonds. The van der Waals surface area contributed by atoms with Crippen LogP contribution >= 0.6 is 0 Å². The highest BCUT2D eigenvalue weighted by molar-refractivity contribution is 5.66. The van der Waals surface area contributed by atoms with E-state index < -0.39 is 29.9 Å². The molecule has 2 unspecified atom stereocenters. The van der Waals surface area contributed by atoms with Crippen molar-refractivity contribution >= 4 is 5.97 Å². The van der Waals surface area contributed by atoms with E-state index in [-0.39, 0.29) is 45.7 Å². The van der Waals surface area contributed by atoms with Crippen LogP contribution in [0.15, 0.2) is 0 Å². The van der Waals surface area contributed by atoms with Crippen LogP contribution in [0.3, 0.4) is 0 Å². The number of aliphatic hydroxyl groups is 3. The second-order valence-corrected chi connectivity index (χ2v) is 16.3. The zero-order chi connectivity index (χ0) is 27.8. The molecule has 6 fully saturated rings. The minimum absolute atomic E-state index is 0.0383. The fourth-order valence-electron chi connectivity index (χ4n) is 12.4. The first-order valence-electron chi connectivity index (χ1n) is 15.4. The van der Waals surface area contributed by atoms with E-state index in [4.69, 9.17) is 9.47 Å². The van der Waals surface area contributed by atoms with Crippen molar-refractivity contribution in [1.82, 2.24) is 0 Å². The predicted octanol–water partition coefficient (Wildman–Crippen LogP) is 4.86. The van der Waals surface area contributed by atoms with Crippen molar-refractivity contribution in [3.05, 3.63) is 0 Å². The summed E-state index contributed by atoms with van der Waals surface area (Å²) in [6.07, 6.45) is 6.19. The molecule has 0 aromatic carbocycles. The molecule has 5 saturated carbocycles. The van der Waals surface area contributed by atoms with Gasteiger partial charge in [-0.05, 0) is 111 Å². The lowest BCUT2D eigenvalue weighted by atomic mass is 9.41. The van der Waals surface area contributed by atoms with Crippen molar-refractivity contribution in [2.45, 2.75) is 143 Å². The lowest BCUT2D eigenvalue weighted by molar-refractivity contribution is -0.216. The average molecular weight is 533 g/mol. The summed E-state index contributed by atoms with van der Waals surface area (Å²) in [7, 11) is 0. The van der Waals surface area contributed by atoms with Gasteiger partial charge in [0, 0.05) is 12.3 Å². The van der Waals surface area contributed by atoms with Gasteiger partial charge in [0.1, 0.15) is 0 Å². The Balaban J connectivity index is 1.35. The molecule has 216 valence electrons. The molecule has 1 heterocycles. The lowest BCUT2D eigenvalue weighted by Crippen LogP contribution is -2.59. The zero-order valence-corrected chi connectivity index (χ0v) is 24.9. The summed E-state index contributed by atoms with van der Waals surface area (Å²) in [4.78, 5) is 11.9. The van der Waals surface area contributed by atoms with Crippen molar-refractivity contribution in [3.8, 4) is 0 Å². The third-order valence-corrected chi connectivity index (χ3v) is 14.1. The highest BCUT2D eigenvalue weighted by Gasteiger charge is 2.84. The molecule has 13 atom stereocenters. The number of hydrogen-bond donors (Lipinski definition) is 3. The third kappa shape index (κ3) is 3.13. The maximum absolute atomic E-state index is 12.3. The highest BCUT2D eigenvalue weighted by atomic mass is 16.6. The molecule has 0 bridgehead atoms. The summed E-state index contributed by atoms with van der Waals surface area (Å²) in [6.45, 7) is 16.4. The van der Waals surface area contributed by atoms with Crippen LogP contribution in [0.2, 0.25) is 0 Å². The molecule has 1 aliphatic heterocycles. The first kappa shape index (κ1) is 27.5.